The Bertz CT molecular complexity index is 1290. The largest absolute Gasteiger partial charge is 0.480 e. The van der Waals surface area contributed by atoms with Crippen molar-refractivity contribution >= 4 is 35.5 Å². The lowest BCUT2D eigenvalue weighted by atomic mass is 9.96. The highest BCUT2D eigenvalue weighted by molar-refractivity contribution is 6.33. The minimum absolute atomic E-state index is 0.0199. The van der Waals surface area contributed by atoms with Crippen LogP contribution in [0.25, 0.3) is 11.1 Å². The molecule has 0 aliphatic carbocycles. The summed E-state index contributed by atoms with van der Waals surface area (Å²) < 4.78 is 4.70. The Kier molecular flexibility index (Phi) is 9.23. The van der Waals surface area contributed by atoms with Crippen LogP contribution in [0, 0.1) is 0 Å². The van der Waals surface area contributed by atoms with E-state index in [1.165, 1.54) is 13.2 Å². The molecule has 192 valence electrons. The molecule has 3 aromatic carbocycles. The summed E-state index contributed by atoms with van der Waals surface area (Å²) in [4.78, 5) is 48.7. The molecule has 0 fully saturated rings. The molecule has 0 heterocycles. The number of ether oxygens (including phenoxy) is 1. The quantitative estimate of drug-likeness (QED) is 0.364. The van der Waals surface area contributed by atoms with Gasteiger partial charge in [0.2, 0.25) is 0 Å². The molecular weight excluding hydrogens is 500 g/mol. The number of hydrogen-bond acceptors (Lipinski definition) is 5. The number of methoxy groups -OCH3 is 1. The van der Waals surface area contributed by atoms with E-state index in [2.05, 4.69) is 5.32 Å². The van der Waals surface area contributed by atoms with E-state index in [0.717, 1.165) is 16.0 Å². The third-order valence-corrected chi connectivity index (χ3v) is 5.89. The maximum absolute atomic E-state index is 12.5. The van der Waals surface area contributed by atoms with E-state index in [1.807, 2.05) is 12.1 Å². The van der Waals surface area contributed by atoms with Crippen LogP contribution in [0.15, 0.2) is 72.8 Å². The number of halogens is 1. The number of rotatable bonds is 10. The van der Waals surface area contributed by atoms with Gasteiger partial charge in [0.15, 0.2) is 0 Å². The van der Waals surface area contributed by atoms with Gasteiger partial charge in [-0.3, -0.25) is 14.5 Å². The van der Waals surface area contributed by atoms with E-state index < -0.39 is 36.5 Å². The van der Waals surface area contributed by atoms with Crippen LogP contribution in [-0.4, -0.2) is 58.7 Å². The highest BCUT2D eigenvalue weighted by atomic mass is 35.5. The number of carbonyl (C=O) groups excluding carboxylic acids is 2. The molecule has 0 radical (unpaired) electrons. The second-order valence-electron chi connectivity index (χ2n) is 8.12. The number of nitrogens with zero attached hydrogens (tertiary/aromatic N) is 1. The van der Waals surface area contributed by atoms with Crippen molar-refractivity contribution in [3.05, 3.63) is 94.5 Å². The van der Waals surface area contributed by atoms with Gasteiger partial charge in [-0.05, 0) is 34.4 Å². The zero-order chi connectivity index (χ0) is 26.9. The van der Waals surface area contributed by atoms with Crippen molar-refractivity contribution < 1.29 is 34.1 Å². The van der Waals surface area contributed by atoms with Gasteiger partial charge in [-0.15, -0.1) is 0 Å². The fourth-order valence-corrected chi connectivity index (χ4v) is 3.98. The van der Waals surface area contributed by atoms with Crippen LogP contribution in [0.1, 0.15) is 21.5 Å². The van der Waals surface area contributed by atoms with Gasteiger partial charge in [0, 0.05) is 6.42 Å². The topological polar surface area (TPSA) is 133 Å². The standard InChI is InChI=1S/C27H25ClN2O7/c1-37-27(36)30(16-24(31)32)15-19-6-2-3-7-20(19)18-12-10-17(11-13-18)14-23(26(34)35)29-25(33)21-8-4-5-9-22(21)28/h2-13,23H,14-16H2,1H3,(H,29,33)(H,31,32)(H,34,35). The number of aliphatic carboxylic acids is 2. The lowest BCUT2D eigenvalue weighted by molar-refractivity contribution is -0.139. The molecule has 0 aliphatic rings. The summed E-state index contributed by atoms with van der Waals surface area (Å²) in [7, 11) is 1.18. The number of carboxylic acids is 2. The highest BCUT2D eigenvalue weighted by Gasteiger charge is 2.23. The van der Waals surface area contributed by atoms with Crippen LogP contribution in [0.4, 0.5) is 4.79 Å². The molecule has 0 spiro atoms. The molecule has 0 bridgehead atoms. The Hall–Kier alpha value is -4.37. The van der Waals surface area contributed by atoms with Crippen LogP contribution in [0.3, 0.4) is 0 Å². The summed E-state index contributed by atoms with van der Waals surface area (Å²) in [6.07, 6.45) is -0.714. The number of benzene rings is 3. The second-order valence-corrected chi connectivity index (χ2v) is 8.53. The molecule has 9 nitrogen and oxygen atoms in total. The zero-order valence-corrected chi connectivity index (χ0v) is 20.6. The van der Waals surface area contributed by atoms with Crippen molar-refractivity contribution in [2.45, 2.75) is 19.0 Å². The maximum Gasteiger partial charge on any atom is 0.410 e. The molecule has 1 unspecified atom stereocenters. The number of amides is 2. The molecule has 37 heavy (non-hydrogen) atoms. The van der Waals surface area contributed by atoms with Gasteiger partial charge in [0.05, 0.1) is 24.2 Å². The highest BCUT2D eigenvalue weighted by Crippen LogP contribution is 2.26. The zero-order valence-electron chi connectivity index (χ0n) is 19.9. The van der Waals surface area contributed by atoms with Gasteiger partial charge in [-0.25, -0.2) is 9.59 Å². The van der Waals surface area contributed by atoms with Crippen LogP contribution < -0.4 is 5.32 Å². The average molecular weight is 525 g/mol. The fourth-order valence-electron chi connectivity index (χ4n) is 3.76. The van der Waals surface area contributed by atoms with E-state index in [-0.39, 0.29) is 23.6 Å². The van der Waals surface area contributed by atoms with Crippen molar-refractivity contribution in [3.63, 3.8) is 0 Å². The van der Waals surface area contributed by atoms with Gasteiger partial charge < -0.3 is 20.3 Å². The molecular formula is C27H25ClN2O7. The number of hydrogen-bond donors (Lipinski definition) is 3. The second kappa shape index (κ2) is 12.5. The first-order valence-corrected chi connectivity index (χ1v) is 11.6. The van der Waals surface area contributed by atoms with Gasteiger partial charge in [0.25, 0.3) is 5.91 Å². The van der Waals surface area contributed by atoms with Crippen LogP contribution in [-0.2, 0) is 27.3 Å². The third-order valence-electron chi connectivity index (χ3n) is 5.56. The van der Waals surface area contributed by atoms with Crippen LogP contribution in [0.5, 0.6) is 0 Å². The monoisotopic (exact) mass is 524 g/mol. The van der Waals surface area contributed by atoms with Crippen molar-refractivity contribution in [1.82, 2.24) is 10.2 Å². The maximum atomic E-state index is 12.5. The molecule has 3 N–H and O–H groups in total. The van der Waals surface area contributed by atoms with Crippen LogP contribution in [0.2, 0.25) is 5.02 Å². The van der Waals surface area contributed by atoms with Crippen molar-refractivity contribution in [3.8, 4) is 11.1 Å². The Labute approximate surface area is 218 Å². The normalized spacial score (nSPS) is 11.3. The molecule has 0 saturated heterocycles. The van der Waals surface area contributed by atoms with Crippen molar-refractivity contribution in [1.29, 1.82) is 0 Å². The van der Waals surface area contributed by atoms with E-state index in [1.54, 1.807) is 54.6 Å². The Balaban J connectivity index is 1.78. The molecule has 0 saturated carbocycles. The Morgan fingerprint density at radius 1 is 0.946 bits per heavy atom. The lowest BCUT2D eigenvalue weighted by Gasteiger charge is -2.21. The summed E-state index contributed by atoms with van der Waals surface area (Å²) in [5, 5.41) is 21.5. The predicted molar refractivity (Wildman–Crippen MR) is 136 cm³/mol. The van der Waals surface area contributed by atoms with Crippen molar-refractivity contribution in [2.75, 3.05) is 13.7 Å². The average Bonchev–Trinajstić information content (AvgIpc) is 2.88. The molecule has 3 aromatic rings. The summed E-state index contributed by atoms with van der Waals surface area (Å²) in [6.45, 7) is -0.498. The molecule has 3 rings (SSSR count). The van der Waals surface area contributed by atoms with Crippen molar-refractivity contribution in [2.24, 2.45) is 0 Å². The number of carbonyl (C=O) groups is 4. The van der Waals surface area contributed by atoms with Gasteiger partial charge >= 0.3 is 18.0 Å². The predicted octanol–water partition coefficient (Wildman–Crippen LogP) is 4.09. The molecule has 10 heteroatoms. The van der Waals surface area contributed by atoms with Gasteiger partial charge in [-0.2, -0.15) is 0 Å². The van der Waals surface area contributed by atoms with Gasteiger partial charge in [0.1, 0.15) is 12.6 Å². The third kappa shape index (κ3) is 7.31. The molecule has 2 amide bonds. The Morgan fingerprint density at radius 3 is 2.22 bits per heavy atom. The fraction of sp³-hybridized carbons (Fsp3) is 0.185. The minimum Gasteiger partial charge on any atom is -0.480 e. The van der Waals surface area contributed by atoms with Crippen LogP contribution >= 0.6 is 11.6 Å². The van der Waals surface area contributed by atoms with E-state index in [4.69, 9.17) is 21.4 Å². The first kappa shape index (κ1) is 27.2. The Morgan fingerprint density at radius 2 is 1.59 bits per heavy atom. The summed E-state index contributed by atoms with van der Waals surface area (Å²) in [5.41, 5.74) is 3.13. The first-order valence-electron chi connectivity index (χ1n) is 11.2. The molecule has 1 atom stereocenters. The smallest absolute Gasteiger partial charge is 0.410 e. The lowest BCUT2D eigenvalue weighted by Crippen LogP contribution is -2.42. The number of nitrogens with one attached hydrogen (secondary N) is 1. The van der Waals surface area contributed by atoms with E-state index in [0.29, 0.717) is 11.1 Å². The van der Waals surface area contributed by atoms with E-state index in [9.17, 15) is 24.3 Å². The van der Waals surface area contributed by atoms with Gasteiger partial charge in [-0.1, -0.05) is 72.3 Å². The summed E-state index contributed by atoms with van der Waals surface area (Å²) in [5.74, 6) is -2.93. The first-order chi connectivity index (χ1) is 17.7. The van der Waals surface area contributed by atoms with E-state index >= 15 is 0 Å². The SMILES string of the molecule is COC(=O)N(CC(=O)O)Cc1ccccc1-c1ccc(CC(NC(=O)c2ccccc2Cl)C(=O)O)cc1. The number of carboxylic acid groups (broad SMARTS) is 2. The molecule has 0 aliphatic heterocycles. The summed E-state index contributed by atoms with van der Waals surface area (Å²) >= 11 is 6.05. The minimum atomic E-state index is -1.18. The summed E-state index contributed by atoms with van der Waals surface area (Å²) in [6, 6.07) is 19.5. The molecule has 0 aromatic heterocycles.